The molecule has 6 heteroatoms. The zero-order valence-electron chi connectivity index (χ0n) is 11.6. The molecule has 0 aliphatic carbocycles. The number of benzene rings is 1. The van der Waals surface area contributed by atoms with Gasteiger partial charge in [0.2, 0.25) is 0 Å². The Kier molecular flexibility index (Phi) is 5.11. The fourth-order valence-corrected chi connectivity index (χ4v) is 1.68. The van der Waals surface area contributed by atoms with Gasteiger partial charge in [0.25, 0.3) is 0 Å². The molecule has 1 aromatic carbocycles. The van der Waals surface area contributed by atoms with Crippen LogP contribution in [0.5, 0.6) is 5.75 Å². The first-order chi connectivity index (χ1) is 9.78. The highest BCUT2D eigenvalue weighted by Gasteiger charge is 1.99. The fourth-order valence-electron chi connectivity index (χ4n) is 1.68. The first-order valence-corrected chi connectivity index (χ1v) is 6.67. The smallest absolute Gasteiger partial charge is 0.141 e. The minimum atomic E-state index is 0.504. The maximum absolute atomic E-state index is 5.88. The molecule has 20 heavy (non-hydrogen) atoms. The molecule has 0 spiro atoms. The third-order valence-corrected chi connectivity index (χ3v) is 2.73. The van der Waals surface area contributed by atoms with Crippen molar-refractivity contribution in [3.05, 3.63) is 42.5 Å². The van der Waals surface area contributed by atoms with E-state index in [4.69, 9.17) is 10.5 Å². The van der Waals surface area contributed by atoms with Gasteiger partial charge in [0.05, 0.1) is 6.61 Å². The van der Waals surface area contributed by atoms with Crippen LogP contribution in [0.15, 0.2) is 42.0 Å². The number of ether oxygens (including phenoxy) is 1. The lowest BCUT2D eigenvalue weighted by Crippen LogP contribution is -2.16. The van der Waals surface area contributed by atoms with E-state index >= 15 is 0 Å². The number of hydrogen-bond donors (Lipinski definition) is 1. The maximum Gasteiger partial charge on any atom is 0.141 e. The Morgan fingerprint density at radius 1 is 1.25 bits per heavy atom. The molecule has 0 fully saturated rings. The van der Waals surface area contributed by atoms with Crippen molar-refractivity contribution in [3.8, 4) is 5.75 Å². The molecule has 6 nitrogen and oxygen atoms in total. The Balaban J connectivity index is 1.90. The van der Waals surface area contributed by atoms with Crippen molar-refractivity contribution in [1.29, 1.82) is 0 Å². The molecule has 1 heterocycles. The Hall–Kier alpha value is -2.37. The minimum absolute atomic E-state index is 0.504. The van der Waals surface area contributed by atoms with Crippen molar-refractivity contribution in [1.82, 2.24) is 14.9 Å². The molecule has 2 rings (SSSR count). The number of hydrogen-bond acceptors (Lipinski definition) is 4. The third kappa shape index (κ3) is 4.38. The van der Waals surface area contributed by atoms with E-state index in [1.807, 2.05) is 24.3 Å². The van der Waals surface area contributed by atoms with Gasteiger partial charge >= 0.3 is 0 Å². The van der Waals surface area contributed by atoms with Crippen molar-refractivity contribution in [2.45, 2.75) is 26.2 Å². The summed E-state index contributed by atoms with van der Waals surface area (Å²) in [5.74, 6) is 1.39. The normalized spacial score (nSPS) is 11.6. The van der Waals surface area contributed by atoms with Crippen LogP contribution in [-0.4, -0.2) is 27.3 Å². The Labute approximate surface area is 118 Å². The van der Waals surface area contributed by atoms with Gasteiger partial charge < -0.3 is 10.5 Å². The van der Waals surface area contributed by atoms with E-state index in [1.54, 1.807) is 0 Å². The van der Waals surface area contributed by atoms with Crippen molar-refractivity contribution in [3.63, 3.8) is 0 Å². The summed E-state index contributed by atoms with van der Waals surface area (Å²) < 4.78 is 7.09. The topological polar surface area (TPSA) is 78.3 Å². The van der Waals surface area contributed by atoms with Gasteiger partial charge in [0.15, 0.2) is 0 Å². The van der Waals surface area contributed by atoms with Crippen LogP contribution >= 0.6 is 0 Å². The zero-order chi connectivity index (χ0) is 14.2. The number of rotatable bonds is 7. The van der Waals surface area contributed by atoms with Crippen LogP contribution in [0.3, 0.4) is 0 Å². The van der Waals surface area contributed by atoms with E-state index < -0.39 is 0 Å². The molecular formula is C14H19N5O. The van der Waals surface area contributed by atoms with E-state index in [9.17, 15) is 0 Å². The third-order valence-electron chi connectivity index (χ3n) is 2.73. The molecular weight excluding hydrogens is 254 g/mol. The van der Waals surface area contributed by atoms with Crippen LogP contribution in [0.4, 0.5) is 0 Å². The molecule has 0 amide bonds. The van der Waals surface area contributed by atoms with Crippen molar-refractivity contribution in [2.75, 3.05) is 6.61 Å². The first kappa shape index (κ1) is 14.0. The second-order valence-electron chi connectivity index (χ2n) is 4.46. The molecule has 0 saturated carbocycles. The largest absolute Gasteiger partial charge is 0.494 e. The summed E-state index contributed by atoms with van der Waals surface area (Å²) in [6.45, 7) is 2.90. The number of nitrogens with two attached hydrogens (primary N) is 1. The molecule has 2 N–H and O–H groups in total. The molecule has 0 unspecified atom stereocenters. The molecule has 2 aromatic rings. The summed E-state index contributed by atoms with van der Waals surface area (Å²) in [5, 5.41) is 11.5. The fraction of sp³-hybridized carbons (Fsp3) is 0.357. The van der Waals surface area contributed by atoms with Gasteiger partial charge in [0.1, 0.15) is 24.2 Å². The van der Waals surface area contributed by atoms with Crippen LogP contribution in [0.2, 0.25) is 0 Å². The van der Waals surface area contributed by atoms with Gasteiger partial charge in [-0.2, -0.15) is 5.10 Å². The lowest BCUT2D eigenvalue weighted by atomic mass is 10.1. The average molecular weight is 273 g/mol. The molecule has 0 radical (unpaired) electrons. The summed E-state index contributed by atoms with van der Waals surface area (Å²) in [7, 11) is 0. The number of unbranched alkanes of at least 4 members (excludes halogenated alkanes) is 1. The highest BCUT2D eigenvalue weighted by Crippen LogP contribution is 2.13. The van der Waals surface area contributed by atoms with Crippen LogP contribution in [-0.2, 0) is 6.42 Å². The molecule has 1 aromatic heterocycles. The van der Waals surface area contributed by atoms with Crippen molar-refractivity contribution >= 4 is 5.84 Å². The number of nitrogens with zero attached hydrogens (tertiary/aromatic N) is 4. The van der Waals surface area contributed by atoms with Crippen LogP contribution in [0.1, 0.15) is 25.3 Å². The van der Waals surface area contributed by atoms with E-state index in [0.29, 0.717) is 12.3 Å². The highest BCUT2D eigenvalue weighted by atomic mass is 16.5. The summed E-state index contributed by atoms with van der Waals surface area (Å²) in [5.41, 5.74) is 6.96. The summed E-state index contributed by atoms with van der Waals surface area (Å²) in [6, 6.07) is 7.90. The molecule has 0 aliphatic heterocycles. The number of aromatic nitrogens is 3. The highest BCUT2D eigenvalue weighted by molar-refractivity contribution is 5.82. The zero-order valence-corrected chi connectivity index (χ0v) is 11.6. The van der Waals surface area contributed by atoms with Crippen molar-refractivity contribution < 1.29 is 4.74 Å². The van der Waals surface area contributed by atoms with Gasteiger partial charge in [-0.25, -0.2) is 4.68 Å². The van der Waals surface area contributed by atoms with Gasteiger partial charge in [-0.1, -0.05) is 25.5 Å². The lowest BCUT2D eigenvalue weighted by Gasteiger charge is -2.06. The molecule has 0 bridgehead atoms. The Bertz CT molecular complexity index is 533. The summed E-state index contributed by atoms with van der Waals surface area (Å²) >= 11 is 0. The van der Waals surface area contributed by atoms with Crippen LogP contribution in [0, 0.1) is 0 Å². The van der Waals surface area contributed by atoms with Crippen molar-refractivity contribution in [2.24, 2.45) is 10.8 Å². The maximum atomic E-state index is 5.88. The van der Waals surface area contributed by atoms with E-state index in [1.165, 1.54) is 17.3 Å². The van der Waals surface area contributed by atoms with Gasteiger partial charge in [-0.05, 0) is 24.1 Å². The Morgan fingerprint density at radius 2 is 1.95 bits per heavy atom. The summed E-state index contributed by atoms with van der Waals surface area (Å²) in [6.07, 6.45) is 5.77. The van der Waals surface area contributed by atoms with E-state index in [-0.39, 0.29) is 0 Å². The second-order valence-corrected chi connectivity index (χ2v) is 4.46. The second kappa shape index (κ2) is 7.28. The number of amidine groups is 1. The molecule has 0 atom stereocenters. The van der Waals surface area contributed by atoms with Gasteiger partial charge in [0, 0.05) is 6.42 Å². The van der Waals surface area contributed by atoms with Crippen LogP contribution < -0.4 is 10.5 Å². The van der Waals surface area contributed by atoms with E-state index in [0.717, 1.165) is 30.8 Å². The predicted molar refractivity (Wildman–Crippen MR) is 77.6 cm³/mol. The predicted octanol–water partition coefficient (Wildman–Crippen LogP) is 1.82. The minimum Gasteiger partial charge on any atom is -0.494 e. The summed E-state index contributed by atoms with van der Waals surface area (Å²) in [4.78, 5) is 0. The SMILES string of the molecule is CCCCOc1ccc(CC(N)=Nn2cnnc2)cc1. The Morgan fingerprint density at radius 3 is 2.60 bits per heavy atom. The molecule has 0 aliphatic rings. The molecule has 0 saturated heterocycles. The first-order valence-electron chi connectivity index (χ1n) is 6.67. The van der Waals surface area contributed by atoms with Crippen LogP contribution in [0.25, 0.3) is 0 Å². The van der Waals surface area contributed by atoms with Gasteiger partial charge in [-0.3, -0.25) is 0 Å². The standard InChI is InChI=1S/C14H19N5O/c1-2-3-8-20-13-6-4-12(5-7-13)9-14(15)18-19-10-16-17-11-19/h4-7,10-11H,2-3,8-9H2,1H3,(H2,15,18). The van der Waals surface area contributed by atoms with Gasteiger partial charge in [-0.15, -0.1) is 10.2 Å². The monoisotopic (exact) mass is 273 g/mol. The molecule has 106 valence electrons. The van der Waals surface area contributed by atoms with E-state index in [2.05, 4.69) is 22.2 Å². The average Bonchev–Trinajstić information content (AvgIpc) is 2.94. The lowest BCUT2D eigenvalue weighted by molar-refractivity contribution is 0.309. The quantitative estimate of drug-likeness (QED) is 0.474.